The van der Waals surface area contributed by atoms with Crippen molar-refractivity contribution in [1.29, 1.82) is 0 Å². The van der Waals surface area contributed by atoms with Crippen LogP contribution >= 0.6 is 0 Å². The van der Waals surface area contributed by atoms with E-state index in [1.54, 1.807) is 11.8 Å². The summed E-state index contributed by atoms with van der Waals surface area (Å²) in [5, 5.41) is 7.69. The standard InChI is InChI=1S/C11H19N3O3S/c1-2-3-6-13-11(15)14-7-4-10(5-8-14)9-18(12,16)17/h10H,4-9H2,1H3,(H,13,15)(H2,12,16,17). The van der Waals surface area contributed by atoms with E-state index >= 15 is 0 Å². The topological polar surface area (TPSA) is 92.5 Å². The Balaban J connectivity index is 2.34. The van der Waals surface area contributed by atoms with E-state index in [2.05, 4.69) is 17.2 Å². The van der Waals surface area contributed by atoms with Crippen LogP contribution < -0.4 is 10.5 Å². The predicted octanol–water partition coefficient (Wildman–Crippen LogP) is -0.280. The molecule has 6 nitrogen and oxygen atoms in total. The zero-order chi connectivity index (χ0) is 13.6. The Labute approximate surface area is 108 Å². The molecule has 0 radical (unpaired) electrons. The summed E-state index contributed by atoms with van der Waals surface area (Å²) >= 11 is 0. The van der Waals surface area contributed by atoms with Crippen molar-refractivity contribution < 1.29 is 13.2 Å². The average Bonchev–Trinajstić information content (AvgIpc) is 2.28. The van der Waals surface area contributed by atoms with E-state index in [0.29, 0.717) is 32.5 Å². The van der Waals surface area contributed by atoms with Crippen LogP contribution in [0.2, 0.25) is 0 Å². The predicted molar refractivity (Wildman–Crippen MR) is 69.1 cm³/mol. The molecule has 102 valence electrons. The Bertz CT molecular complexity index is 442. The fourth-order valence-corrected chi connectivity index (χ4v) is 2.94. The number of rotatable bonds is 3. The molecule has 1 rings (SSSR count). The van der Waals surface area contributed by atoms with Crippen LogP contribution in [-0.2, 0) is 10.0 Å². The normalized spacial score (nSPS) is 16.9. The van der Waals surface area contributed by atoms with Crippen molar-refractivity contribution >= 4 is 16.1 Å². The van der Waals surface area contributed by atoms with Gasteiger partial charge in [0.2, 0.25) is 10.0 Å². The van der Waals surface area contributed by atoms with Gasteiger partial charge in [0.25, 0.3) is 0 Å². The van der Waals surface area contributed by atoms with E-state index in [9.17, 15) is 13.2 Å². The third-order valence-electron chi connectivity index (χ3n) is 2.87. The summed E-state index contributed by atoms with van der Waals surface area (Å²) in [6.45, 7) is 3.18. The van der Waals surface area contributed by atoms with E-state index < -0.39 is 10.0 Å². The van der Waals surface area contributed by atoms with Gasteiger partial charge in [-0.15, -0.1) is 5.92 Å². The van der Waals surface area contributed by atoms with Crippen molar-refractivity contribution in [2.24, 2.45) is 11.1 Å². The van der Waals surface area contributed by atoms with E-state index in [1.807, 2.05) is 0 Å². The number of primary sulfonamides is 1. The van der Waals surface area contributed by atoms with E-state index in [1.165, 1.54) is 0 Å². The molecule has 3 N–H and O–H groups in total. The van der Waals surface area contributed by atoms with Crippen LogP contribution in [0.4, 0.5) is 4.79 Å². The van der Waals surface area contributed by atoms with E-state index in [0.717, 1.165) is 0 Å². The lowest BCUT2D eigenvalue weighted by atomic mass is 9.99. The van der Waals surface area contributed by atoms with Gasteiger partial charge in [-0.2, -0.15) is 0 Å². The van der Waals surface area contributed by atoms with Gasteiger partial charge in [-0.25, -0.2) is 18.4 Å². The molecule has 0 aromatic heterocycles. The van der Waals surface area contributed by atoms with Crippen LogP contribution in [0.25, 0.3) is 0 Å². The second kappa shape index (κ2) is 6.61. The summed E-state index contributed by atoms with van der Waals surface area (Å²) < 4.78 is 21.9. The SMILES string of the molecule is CC#CCNC(=O)N1CCC(CS(N)(=O)=O)CC1. The number of carbonyl (C=O) groups excluding carboxylic acids is 1. The molecule has 0 bridgehead atoms. The molecule has 2 amide bonds. The number of hydrogen-bond donors (Lipinski definition) is 2. The van der Waals surface area contributed by atoms with Gasteiger partial charge in [0.05, 0.1) is 12.3 Å². The molecule has 0 aliphatic carbocycles. The highest BCUT2D eigenvalue weighted by Gasteiger charge is 2.24. The first-order valence-corrected chi connectivity index (χ1v) is 7.57. The van der Waals surface area contributed by atoms with Crippen molar-refractivity contribution in [3.05, 3.63) is 0 Å². The zero-order valence-corrected chi connectivity index (χ0v) is 11.3. The number of likely N-dealkylation sites (tertiary alicyclic amines) is 1. The lowest BCUT2D eigenvalue weighted by Crippen LogP contribution is -2.45. The Morgan fingerprint density at radius 1 is 1.44 bits per heavy atom. The minimum atomic E-state index is -3.42. The van der Waals surface area contributed by atoms with Gasteiger partial charge in [-0.3, -0.25) is 0 Å². The molecule has 0 aromatic rings. The second-order valence-corrected chi connectivity index (χ2v) is 6.00. The maximum Gasteiger partial charge on any atom is 0.318 e. The Hall–Kier alpha value is -1.26. The van der Waals surface area contributed by atoms with Crippen LogP contribution in [0.5, 0.6) is 0 Å². The number of nitrogens with zero attached hydrogens (tertiary/aromatic N) is 1. The van der Waals surface area contributed by atoms with Crippen LogP contribution in [0.1, 0.15) is 19.8 Å². The van der Waals surface area contributed by atoms with Crippen molar-refractivity contribution in [2.45, 2.75) is 19.8 Å². The second-order valence-electron chi connectivity index (χ2n) is 4.35. The largest absolute Gasteiger partial charge is 0.327 e. The molecule has 1 heterocycles. The molecule has 0 atom stereocenters. The first kappa shape index (κ1) is 14.8. The minimum absolute atomic E-state index is 0.00374. The van der Waals surface area contributed by atoms with Gasteiger partial charge in [0.1, 0.15) is 0 Å². The number of nitrogens with one attached hydrogen (secondary N) is 1. The number of piperidine rings is 1. The third-order valence-corrected chi connectivity index (χ3v) is 3.81. The maximum atomic E-state index is 11.7. The summed E-state index contributed by atoms with van der Waals surface area (Å²) in [4.78, 5) is 13.3. The molecule has 7 heteroatoms. The summed E-state index contributed by atoms with van der Waals surface area (Å²) in [5.41, 5.74) is 0. The van der Waals surface area contributed by atoms with Gasteiger partial charge in [0.15, 0.2) is 0 Å². The van der Waals surface area contributed by atoms with E-state index in [4.69, 9.17) is 5.14 Å². The van der Waals surface area contributed by atoms with Crippen molar-refractivity contribution in [2.75, 3.05) is 25.4 Å². The fraction of sp³-hybridized carbons (Fsp3) is 0.727. The lowest BCUT2D eigenvalue weighted by molar-refractivity contribution is 0.175. The molecular weight excluding hydrogens is 254 g/mol. The molecule has 1 fully saturated rings. The Morgan fingerprint density at radius 3 is 2.56 bits per heavy atom. The summed E-state index contributed by atoms with van der Waals surface area (Å²) in [6.07, 6.45) is 1.34. The molecule has 0 unspecified atom stereocenters. The quantitative estimate of drug-likeness (QED) is 0.693. The molecule has 1 aliphatic heterocycles. The summed E-state index contributed by atoms with van der Waals surface area (Å²) in [5.74, 6) is 5.51. The van der Waals surface area contributed by atoms with Crippen LogP contribution in [0.15, 0.2) is 0 Å². The summed E-state index contributed by atoms with van der Waals surface area (Å²) in [6, 6.07) is -0.146. The third kappa shape index (κ3) is 5.38. The van der Waals surface area contributed by atoms with Crippen molar-refractivity contribution in [3.63, 3.8) is 0 Å². The number of urea groups is 1. The highest BCUT2D eigenvalue weighted by atomic mass is 32.2. The number of amides is 2. The van der Waals surface area contributed by atoms with Crippen LogP contribution in [0.3, 0.4) is 0 Å². The minimum Gasteiger partial charge on any atom is -0.327 e. The van der Waals surface area contributed by atoms with Crippen molar-refractivity contribution in [1.82, 2.24) is 10.2 Å². The zero-order valence-electron chi connectivity index (χ0n) is 10.5. The van der Waals surface area contributed by atoms with Crippen LogP contribution in [-0.4, -0.2) is 44.7 Å². The van der Waals surface area contributed by atoms with Crippen LogP contribution in [0, 0.1) is 17.8 Å². The molecular formula is C11H19N3O3S. The Morgan fingerprint density at radius 2 is 2.06 bits per heavy atom. The fourth-order valence-electron chi connectivity index (χ4n) is 1.95. The van der Waals surface area contributed by atoms with E-state index in [-0.39, 0.29) is 17.7 Å². The first-order valence-electron chi connectivity index (χ1n) is 5.85. The average molecular weight is 273 g/mol. The number of hydrogen-bond acceptors (Lipinski definition) is 3. The molecule has 0 spiro atoms. The highest BCUT2D eigenvalue weighted by molar-refractivity contribution is 7.89. The van der Waals surface area contributed by atoms with Gasteiger partial charge >= 0.3 is 6.03 Å². The Kier molecular flexibility index (Phi) is 5.44. The number of carbonyl (C=O) groups is 1. The lowest BCUT2D eigenvalue weighted by Gasteiger charge is -2.31. The molecule has 0 aromatic carbocycles. The first-order chi connectivity index (χ1) is 8.42. The maximum absolute atomic E-state index is 11.7. The number of sulfonamides is 1. The van der Waals surface area contributed by atoms with Gasteiger partial charge in [0, 0.05) is 13.1 Å². The smallest absolute Gasteiger partial charge is 0.318 e. The molecule has 0 saturated carbocycles. The van der Waals surface area contributed by atoms with Crippen molar-refractivity contribution in [3.8, 4) is 11.8 Å². The molecule has 1 aliphatic rings. The highest BCUT2D eigenvalue weighted by Crippen LogP contribution is 2.18. The monoisotopic (exact) mass is 273 g/mol. The number of nitrogens with two attached hydrogens (primary N) is 1. The van der Waals surface area contributed by atoms with Gasteiger partial charge in [-0.1, -0.05) is 5.92 Å². The van der Waals surface area contributed by atoms with Gasteiger partial charge in [-0.05, 0) is 25.7 Å². The molecule has 18 heavy (non-hydrogen) atoms. The molecule has 1 saturated heterocycles. The summed E-state index contributed by atoms with van der Waals surface area (Å²) in [7, 11) is -3.42. The van der Waals surface area contributed by atoms with Gasteiger partial charge < -0.3 is 10.2 Å².